The van der Waals surface area contributed by atoms with Crippen LogP contribution in [0.5, 0.6) is 5.75 Å². The van der Waals surface area contributed by atoms with Gasteiger partial charge in [-0.3, -0.25) is 0 Å². The monoisotopic (exact) mass is 327 g/mol. The smallest absolute Gasteiger partial charge is 0.344 e. The van der Waals surface area contributed by atoms with Crippen molar-refractivity contribution in [2.45, 2.75) is 32.5 Å². The van der Waals surface area contributed by atoms with Gasteiger partial charge in [0, 0.05) is 16.5 Å². The van der Waals surface area contributed by atoms with Gasteiger partial charge in [-0.2, -0.15) is 0 Å². The Balaban J connectivity index is 2.25. The normalized spacial score (nSPS) is 19.5. The molecule has 0 bridgehead atoms. The maximum absolute atomic E-state index is 10.9. The Morgan fingerprint density at radius 2 is 2.37 bits per heavy atom. The van der Waals surface area contributed by atoms with E-state index in [0.717, 1.165) is 15.7 Å². The van der Waals surface area contributed by atoms with E-state index in [-0.39, 0.29) is 6.10 Å². The molecule has 2 rings (SSSR count). The number of aliphatic carboxylic acids is 1. The van der Waals surface area contributed by atoms with Crippen molar-refractivity contribution in [2.24, 2.45) is 5.16 Å². The summed E-state index contributed by atoms with van der Waals surface area (Å²) in [5.74, 6) is -0.498. The zero-order chi connectivity index (χ0) is 14.0. The van der Waals surface area contributed by atoms with E-state index in [4.69, 9.17) is 14.7 Å². The van der Waals surface area contributed by atoms with Crippen LogP contribution in [0.25, 0.3) is 0 Å². The molecule has 1 aliphatic rings. The highest BCUT2D eigenvalue weighted by molar-refractivity contribution is 9.10. The molecule has 1 aliphatic heterocycles. The zero-order valence-corrected chi connectivity index (χ0v) is 12.2. The van der Waals surface area contributed by atoms with Crippen LogP contribution in [0.4, 0.5) is 0 Å². The van der Waals surface area contributed by atoms with Gasteiger partial charge in [0.25, 0.3) is 0 Å². The summed E-state index contributed by atoms with van der Waals surface area (Å²) in [5.41, 5.74) is 1.70. The lowest BCUT2D eigenvalue weighted by molar-refractivity contribution is -0.144. The van der Waals surface area contributed by atoms with Gasteiger partial charge in [-0.1, -0.05) is 21.1 Å². The maximum Gasteiger partial charge on any atom is 0.344 e. The molecular weight excluding hydrogens is 314 g/mol. The topological polar surface area (TPSA) is 68.1 Å². The van der Waals surface area contributed by atoms with E-state index in [9.17, 15) is 4.79 Å². The Labute approximate surface area is 119 Å². The molecule has 0 aliphatic carbocycles. The first-order valence-electron chi connectivity index (χ1n) is 5.85. The molecule has 1 N–H and O–H groups in total. The van der Waals surface area contributed by atoms with Gasteiger partial charge < -0.3 is 14.7 Å². The van der Waals surface area contributed by atoms with Crippen molar-refractivity contribution in [2.75, 3.05) is 0 Å². The zero-order valence-electron chi connectivity index (χ0n) is 10.6. The predicted molar refractivity (Wildman–Crippen MR) is 73.4 cm³/mol. The number of rotatable bonds is 4. The van der Waals surface area contributed by atoms with Crippen molar-refractivity contribution < 1.29 is 19.5 Å². The molecule has 0 saturated carbocycles. The van der Waals surface area contributed by atoms with E-state index < -0.39 is 12.1 Å². The minimum Gasteiger partial charge on any atom is -0.479 e. The van der Waals surface area contributed by atoms with E-state index in [2.05, 4.69) is 21.1 Å². The van der Waals surface area contributed by atoms with Gasteiger partial charge >= 0.3 is 5.97 Å². The number of ether oxygens (including phenoxy) is 1. The van der Waals surface area contributed by atoms with Crippen molar-refractivity contribution in [3.63, 3.8) is 0 Å². The lowest BCUT2D eigenvalue weighted by Gasteiger charge is -2.17. The van der Waals surface area contributed by atoms with Crippen LogP contribution < -0.4 is 4.74 Å². The molecule has 0 spiro atoms. The quantitative estimate of drug-likeness (QED) is 0.922. The third-order valence-electron chi connectivity index (χ3n) is 2.79. The summed E-state index contributed by atoms with van der Waals surface area (Å²) in [6, 6.07) is 5.40. The van der Waals surface area contributed by atoms with E-state index in [1.54, 1.807) is 12.1 Å². The molecule has 102 valence electrons. The highest BCUT2D eigenvalue weighted by atomic mass is 79.9. The number of oxime groups is 1. The second-order valence-electron chi connectivity index (χ2n) is 4.41. The van der Waals surface area contributed by atoms with Crippen LogP contribution in [0.1, 0.15) is 31.9 Å². The van der Waals surface area contributed by atoms with Crippen molar-refractivity contribution in [1.29, 1.82) is 0 Å². The minimum absolute atomic E-state index is 0.228. The van der Waals surface area contributed by atoms with Crippen molar-refractivity contribution in [3.05, 3.63) is 28.2 Å². The summed E-state index contributed by atoms with van der Waals surface area (Å²) in [7, 11) is 0. The Kier molecular flexibility index (Phi) is 4.09. The molecule has 0 amide bonds. The van der Waals surface area contributed by atoms with Gasteiger partial charge in [-0.25, -0.2) is 4.79 Å². The minimum atomic E-state index is -1.01. The first-order chi connectivity index (χ1) is 8.97. The van der Waals surface area contributed by atoms with Gasteiger partial charge in [0.15, 0.2) is 12.2 Å². The molecule has 0 saturated heterocycles. The van der Waals surface area contributed by atoms with Crippen molar-refractivity contribution >= 4 is 27.6 Å². The number of hydrogen-bond donors (Lipinski definition) is 1. The lowest BCUT2D eigenvalue weighted by atomic mass is 10.0. The maximum atomic E-state index is 10.9. The first-order valence-corrected chi connectivity index (χ1v) is 6.65. The molecule has 5 nitrogen and oxygen atoms in total. The SMILES string of the molecule is CC1=NO[C@H](c2cc(Br)ccc2OC(C)C(=O)O)C1. The summed E-state index contributed by atoms with van der Waals surface area (Å²) < 4.78 is 6.34. The van der Waals surface area contributed by atoms with Crippen LogP contribution >= 0.6 is 15.9 Å². The molecular formula is C13H14BrNO4. The molecule has 1 heterocycles. The number of nitrogens with zero attached hydrogens (tertiary/aromatic N) is 1. The molecule has 6 heteroatoms. The molecule has 1 aromatic carbocycles. The van der Waals surface area contributed by atoms with Crippen LogP contribution in [0.3, 0.4) is 0 Å². The number of carbonyl (C=O) groups is 1. The molecule has 1 aromatic rings. The number of carboxylic acids is 1. The summed E-state index contributed by atoms with van der Waals surface area (Å²) >= 11 is 3.39. The average molecular weight is 328 g/mol. The molecule has 1 unspecified atom stereocenters. The van der Waals surface area contributed by atoms with Crippen molar-refractivity contribution in [1.82, 2.24) is 0 Å². The van der Waals surface area contributed by atoms with E-state index in [1.807, 2.05) is 13.0 Å². The summed E-state index contributed by atoms with van der Waals surface area (Å²) in [4.78, 5) is 16.2. The highest BCUT2D eigenvalue weighted by Gasteiger charge is 2.25. The fraction of sp³-hybridized carbons (Fsp3) is 0.385. The van der Waals surface area contributed by atoms with Gasteiger partial charge in [0.05, 0.1) is 5.71 Å². The Hall–Kier alpha value is -1.56. The van der Waals surface area contributed by atoms with E-state index in [0.29, 0.717) is 12.2 Å². The van der Waals surface area contributed by atoms with Crippen molar-refractivity contribution in [3.8, 4) is 5.75 Å². The fourth-order valence-corrected chi connectivity index (χ4v) is 2.16. The second-order valence-corrected chi connectivity index (χ2v) is 5.32. The van der Waals surface area contributed by atoms with Crippen LogP contribution in [-0.2, 0) is 9.63 Å². The molecule has 2 atom stereocenters. The predicted octanol–water partition coefficient (Wildman–Crippen LogP) is 3.14. The van der Waals surface area contributed by atoms with Gasteiger partial charge in [-0.05, 0) is 32.0 Å². The molecule has 0 aromatic heterocycles. The third kappa shape index (κ3) is 3.26. The fourth-order valence-electron chi connectivity index (χ4n) is 1.78. The van der Waals surface area contributed by atoms with Gasteiger partial charge in [-0.15, -0.1) is 0 Å². The summed E-state index contributed by atoms with van der Waals surface area (Å²) in [6.45, 7) is 3.38. The van der Waals surface area contributed by atoms with Crippen LogP contribution in [0.15, 0.2) is 27.8 Å². The van der Waals surface area contributed by atoms with E-state index >= 15 is 0 Å². The molecule has 0 radical (unpaired) electrons. The third-order valence-corrected chi connectivity index (χ3v) is 3.28. The second kappa shape index (κ2) is 5.61. The number of carboxylic acid groups (broad SMARTS) is 1. The Bertz CT molecular complexity index is 529. The number of halogens is 1. The lowest BCUT2D eigenvalue weighted by Crippen LogP contribution is -2.23. The van der Waals surface area contributed by atoms with Gasteiger partial charge in [0.1, 0.15) is 5.75 Å². The first kappa shape index (κ1) is 13.9. The molecule has 0 fully saturated rings. The average Bonchev–Trinajstić information content (AvgIpc) is 2.77. The largest absolute Gasteiger partial charge is 0.479 e. The van der Waals surface area contributed by atoms with Gasteiger partial charge in [0.2, 0.25) is 0 Å². The Morgan fingerprint density at radius 1 is 1.63 bits per heavy atom. The Morgan fingerprint density at radius 3 is 2.95 bits per heavy atom. The standard InChI is InChI=1S/C13H14BrNO4/c1-7-5-12(19-15-7)10-6-9(14)3-4-11(10)18-8(2)13(16)17/h3-4,6,8,12H,5H2,1-2H3,(H,16,17)/t8?,12-/m0/s1. The molecule has 19 heavy (non-hydrogen) atoms. The number of benzene rings is 1. The van der Waals surface area contributed by atoms with Crippen LogP contribution in [0.2, 0.25) is 0 Å². The van der Waals surface area contributed by atoms with Crippen LogP contribution in [-0.4, -0.2) is 22.9 Å². The highest BCUT2D eigenvalue weighted by Crippen LogP contribution is 2.36. The summed E-state index contributed by atoms with van der Waals surface area (Å²) in [5, 5.41) is 12.8. The number of hydrogen-bond acceptors (Lipinski definition) is 4. The van der Waals surface area contributed by atoms with Crippen LogP contribution in [0, 0.1) is 0 Å². The summed E-state index contributed by atoms with van der Waals surface area (Å²) in [6.07, 6.45) is -0.467. The van der Waals surface area contributed by atoms with E-state index in [1.165, 1.54) is 6.92 Å².